The van der Waals surface area contributed by atoms with Gasteiger partial charge in [0.05, 0.1) is 21.8 Å². The molecule has 0 bridgehead atoms. The van der Waals surface area contributed by atoms with Gasteiger partial charge in [-0.3, -0.25) is 0 Å². The Bertz CT molecular complexity index is 476. The molecule has 3 nitrogen and oxygen atoms in total. The maximum atomic E-state index is 6.09. The van der Waals surface area contributed by atoms with E-state index in [1.165, 1.54) is 0 Å². The van der Waals surface area contributed by atoms with E-state index in [1.807, 2.05) is 13.8 Å². The second-order valence-corrected chi connectivity index (χ2v) is 3.45. The number of aromatic nitrogens is 1. The fourth-order valence-electron chi connectivity index (χ4n) is 1.38. The molecule has 0 amide bonds. The fraction of sp³-hybridized carbons (Fsp3) is 0.222. The molecule has 2 N–H and O–H groups in total. The van der Waals surface area contributed by atoms with E-state index in [2.05, 4.69) is 5.16 Å². The summed E-state index contributed by atoms with van der Waals surface area (Å²) in [6, 6.07) is 1.79. The van der Waals surface area contributed by atoms with Crippen LogP contribution in [0.1, 0.15) is 11.3 Å². The first-order chi connectivity index (χ1) is 6.11. The summed E-state index contributed by atoms with van der Waals surface area (Å²) in [6.07, 6.45) is 0. The summed E-state index contributed by atoms with van der Waals surface area (Å²) in [5.74, 6) is 0. The van der Waals surface area contributed by atoms with Gasteiger partial charge < -0.3 is 10.3 Å². The predicted octanol–water partition coefficient (Wildman–Crippen LogP) is 2.68. The Morgan fingerprint density at radius 2 is 2.15 bits per heavy atom. The van der Waals surface area contributed by atoms with Crippen LogP contribution < -0.4 is 5.73 Å². The Balaban J connectivity index is 3.00. The van der Waals surface area contributed by atoms with Crippen molar-refractivity contribution in [1.82, 2.24) is 5.16 Å². The van der Waals surface area contributed by atoms with Crippen LogP contribution in [0.5, 0.6) is 0 Å². The highest BCUT2D eigenvalue weighted by Crippen LogP contribution is 2.33. The molecule has 0 saturated heterocycles. The molecular weight excluding hydrogens is 188 g/mol. The second kappa shape index (κ2) is 2.64. The van der Waals surface area contributed by atoms with E-state index in [4.69, 9.17) is 21.9 Å². The lowest BCUT2D eigenvalue weighted by molar-refractivity contribution is 0.451. The van der Waals surface area contributed by atoms with E-state index < -0.39 is 0 Å². The zero-order valence-electron chi connectivity index (χ0n) is 7.39. The molecule has 0 aliphatic carbocycles. The van der Waals surface area contributed by atoms with E-state index >= 15 is 0 Å². The molecule has 68 valence electrons. The maximum Gasteiger partial charge on any atom is 0.191 e. The lowest BCUT2D eigenvalue weighted by atomic mass is 10.1. The number of halogens is 1. The number of nitrogens with zero attached hydrogens (tertiary/aromatic N) is 1. The number of nitrogens with two attached hydrogens (primary N) is 1. The molecule has 1 aromatic heterocycles. The summed E-state index contributed by atoms with van der Waals surface area (Å²) < 4.78 is 5.06. The van der Waals surface area contributed by atoms with Crippen molar-refractivity contribution in [3.63, 3.8) is 0 Å². The minimum absolute atomic E-state index is 0.577. The highest BCUT2D eigenvalue weighted by molar-refractivity contribution is 6.36. The topological polar surface area (TPSA) is 52.0 Å². The molecule has 0 spiro atoms. The molecule has 0 atom stereocenters. The van der Waals surface area contributed by atoms with Crippen LogP contribution in [-0.2, 0) is 0 Å². The van der Waals surface area contributed by atoms with E-state index in [-0.39, 0.29) is 0 Å². The number of hydrogen-bond donors (Lipinski definition) is 1. The van der Waals surface area contributed by atoms with Crippen LogP contribution in [0, 0.1) is 13.8 Å². The average Bonchev–Trinajstić information content (AvgIpc) is 2.44. The quantitative estimate of drug-likeness (QED) is 0.659. The van der Waals surface area contributed by atoms with Crippen molar-refractivity contribution < 1.29 is 4.52 Å². The summed E-state index contributed by atoms with van der Waals surface area (Å²) >= 11 is 6.09. The van der Waals surface area contributed by atoms with Crippen molar-refractivity contribution in [3.05, 3.63) is 22.3 Å². The number of fused-ring (bicyclic) bond motifs is 1. The molecule has 1 aromatic carbocycles. The van der Waals surface area contributed by atoms with Gasteiger partial charge in [-0.05, 0) is 25.5 Å². The summed E-state index contributed by atoms with van der Waals surface area (Å²) in [5, 5.41) is 5.31. The van der Waals surface area contributed by atoms with Crippen LogP contribution in [0.15, 0.2) is 10.6 Å². The van der Waals surface area contributed by atoms with Crippen LogP contribution in [0.3, 0.4) is 0 Å². The van der Waals surface area contributed by atoms with Crippen molar-refractivity contribution in [2.45, 2.75) is 13.8 Å². The van der Waals surface area contributed by atoms with Crippen molar-refractivity contribution in [2.24, 2.45) is 0 Å². The Labute approximate surface area is 80.5 Å². The highest BCUT2D eigenvalue weighted by Gasteiger charge is 2.13. The van der Waals surface area contributed by atoms with Crippen molar-refractivity contribution >= 4 is 28.3 Å². The molecule has 0 aliphatic heterocycles. The summed E-state index contributed by atoms with van der Waals surface area (Å²) in [4.78, 5) is 0. The monoisotopic (exact) mass is 196 g/mol. The van der Waals surface area contributed by atoms with Crippen LogP contribution in [0.25, 0.3) is 11.0 Å². The molecule has 0 radical (unpaired) electrons. The first-order valence-electron chi connectivity index (χ1n) is 3.92. The third-order valence-electron chi connectivity index (χ3n) is 2.06. The third-order valence-corrected chi connectivity index (χ3v) is 2.55. The number of nitrogen functional groups attached to an aromatic ring is 1. The van der Waals surface area contributed by atoms with Crippen molar-refractivity contribution in [2.75, 3.05) is 5.73 Å². The maximum absolute atomic E-state index is 6.09. The average molecular weight is 197 g/mol. The Hall–Kier alpha value is -1.22. The zero-order chi connectivity index (χ0) is 9.59. The first-order valence-corrected chi connectivity index (χ1v) is 4.29. The number of benzene rings is 1. The van der Waals surface area contributed by atoms with Gasteiger partial charge in [0.25, 0.3) is 0 Å². The van der Waals surface area contributed by atoms with Crippen LogP contribution in [0.4, 0.5) is 5.69 Å². The largest absolute Gasteiger partial charge is 0.396 e. The lowest BCUT2D eigenvalue weighted by Gasteiger charge is -2.00. The number of anilines is 1. The minimum atomic E-state index is 0.577. The Morgan fingerprint density at radius 1 is 1.46 bits per heavy atom. The van der Waals surface area contributed by atoms with Gasteiger partial charge >= 0.3 is 0 Å². The fourth-order valence-corrected chi connectivity index (χ4v) is 1.66. The SMILES string of the molecule is Cc1cc(N)c2onc(C)c2c1Cl. The molecule has 13 heavy (non-hydrogen) atoms. The molecule has 0 fully saturated rings. The zero-order valence-corrected chi connectivity index (χ0v) is 8.14. The molecule has 1 heterocycles. The standard InChI is InChI=1S/C9H9ClN2O/c1-4-3-6(11)9-7(8(4)10)5(2)12-13-9/h3H,11H2,1-2H3. The number of hydrogen-bond acceptors (Lipinski definition) is 3. The normalized spacial score (nSPS) is 11.0. The van der Waals surface area contributed by atoms with Gasteiger partial charge in [0.15, 0.2) is 5.58 Å². The minimum Gasteiger partial charge on any atom is -0.396 e. The molecule has 2 aromatic rings. The van der Waals surface area contributed by atoms with Gasteiger partial charge in [0, 0.05) is 0 Å². The van der Waals surface area contributed by atoms with E-state index in [0.717, 1.165) is 16.6 Å². The molecule has 0 aliphatic rings. The van der Waals surface area contributed by atoms with Gasteiger partial charge in [-0.15, -0.1) is 0 Å². The number of rotatable bonds is 0. The third kappa shape index (κ3) is 1.08. The van der Waals surface area contributed by atoms with Crippen molar-refractivity contribution in [3.8, 4) is 0 Å². The van der Waals surface area contributed by atoms with Gasteiger partial charge in [-0.1, -0.05) is 16.8 Å². The molecule has 4 heteroatoms. The number of aryl methyl sites for hydroxylation is 2. The second-order valence-electron chi connectivity index (χ2n) is 3.07. The van der Waals surface area contributed by atoms with E-state index in [0.29, 0.717) is 16.3 Å². The highest BCUT2D eigenvalue weighted by atomic mass is 35.5. The van der Waals surface area contributed by atoms with Crippen LogP contribution in [0.2, 0.25) is 5.02 Å². The van der Waals surface area contributed by atoms with Gasteiger partial charge in [-0.2, -0.15) is 0 Å². The van der Waals surface area contributed by atoms with Gasteiger partial charge in [-0.25, -0.2) is 0 Å². The van der Waals surface area contributed by atoms with Gasteiger partial charge in [0.2, 0.25) is 0 Å². The Morgan fingerprint density at radius 3 is 2.85 bits per heavy atom. The summed E-state index contributed by atoms with van der Waals surface area (Å²) in [5.41, 5.74) is 8.62. The molecule has 0 saturated carbocycles. The molecular formula is C9H9ClN2O. The summed E-state index contributed by atoms with van der Waals surface area (Å²) in [7, 11) is 0. The smallest absolute Gasteiger partial charge is 0.191 e. The first kappa shape index (κ1) is 8.38. The van der Waals surface area contributed by atoms with E-state index in [9.17, 15) is 0 Å². The summed E-state index contributed by atoms with van der Waals surface area (Å²) in [6.45, 7) is 3.75. The lowest BCUT2D eigenvalue weighted by Crippen LogP contribution is -1.88. The molecule has 2 rings (SSSR count). The Kier molecular flexibility index (Phi) is 1.70. The molecule has 0 unspecified atom stereocenters. The van der Waals surface area contributed by atoms with Crippen molar-refractivity contribution in [1.29, 1.82) is 0 Å². The van der Waals surface area contributed by atoms with Crippen LogP contribution in [-0.4, -0.2) is 5.16 Å². The van der Waals surface area contributed by atoms with Gasteiger partial charge in [0.1, 0.15) is 0 Å². The van der Waals surface area contributed by atoms with Crippen LogP contribution >= 0.6 is 11.6 Å². The predicted molar refractivity (Wildman–Crippen MR) is 52.9 cm³/mol. The van der Waals surface area contributed by atoms with E-state index in [1.54, 1.807) is 6.07 Å².